The molecule has 0 aliphatic carbocycles. The van der Waals surface area contributed by atoms with Gasteiger partial charge < -0.3 is 24.1 Å². The number of rotatable bonds is 7. The van der Waals surface area contributed by atoms with E-state index in [0.717, 1.165) is 16.5 Å². The molecule has 218 valence electrons. The van der Waals surface area contributed by atoms with Crippen LogP contribution in [0.3, 0.4) is 0 Å². The lowest BCUT2D eigenvalue weighted by molar-refractivity contribution is -0.113. The molecule has 9 nitrogen and oxygen atoms in total. The summed E-state index contributed by atoms with van der Waals surface area (Å²) in [5.41, 5.74) is 3.81. The SMILES string of the molecule is COc1cc([C@@H]2C(C(=O)Nc3ccccc3)=C(C)N=c3s/c(=C\c4cn(C)c5ccccc45)c(=O)n32)cc(OC)c1OC. The lowest BCUT2D eigenvalue weighted by Crippen LogP contribution is -2.40. The molecular weight excluding hydrogens is 564 g/mol. The zero-order valence-electron chi connectivity index (χ0n) is 24.4. The van der Waals surface area contributed by atoms with Crippen LogP contribution < -0.4 is 34.4 Å². The Hall–Kier alpha value is -5.09. The number of benzene rings is 3. The molecular formula is C33H30N4O5S. The van der Waals surface area contributed by atoms with Crippen molar-refractivity contribution in [1.29, 1.82) is 0 Å². The van der Waals surface area contributed by atoms with Crippen molar-refractivity contribution in [2.45, 2.75) is 13.0 Å². The summed E-state index contributed by atoms with van der Waals surface area (Å²) in [7, 11) is 6.56. The number of nitrogens with zero attached hydrogens (tertiary/aromatic N) is 3. The van der Waals surface area contributed by atoms with Crippen LogP contribution in [-0.2, 0) is 11.8 Å². The Bertz CT molecular complexity index is 2060. The fourth-order valence-corrected chi connectivity index (χ4v) is 6.57. The van der Waals surface area contributed by atoms with Gasteiger partial charge in [-0.2, -0.15) is 0 Å². The van der Waals surface area contributed by atoms with Gasteiger partial charge in [-0.05, 0) is 48.9 Å². The van der Waals surface area contributed by atoms with E-state index in [9.17, 15) is 9.59 Å². The molecule has 3 heterocycles. The summed E-state index contributed by atoms with van der Waals surface area (Å²) in [5, 5.41) is 4.01. The van der Waals surface area contributed by atoms with Gasteiger partial charge in [-0.3, -0.25) is 14.2 Å². The van der Waals surface area contributed by atoms with Gasteiger partial charge in [0.2, 0.25) is 5.75 Å². The second kappa shape index (κ2) is 11.3. The van der Waals surface area contributed by atoms with Crippen molar-refractivity contribution >= 4 is 39.9 Å². The minimum Gasteiger partial charge on any atom is -0.493 e. The number of carbonyl (C=O) groups is 1. The van der Waals surface area contributed by atoms with Gasteiger partial charge in [-0.15, -0.1) is 0 Å². The topological polar surface area (TPSA) is 96.1 Å². The van der Waals surface area contributed by atoms with Gasteiger partial charge in [0.1, 0.15) is 0 Å². The van der Waals surface area contributed by atoms with Crippen molar-refractivity contribution in [1.82, 2.24) is 9.13 Å². The van der Waals surface area contributed by atoms with Crippen LogP contribution in [0.25, 0.3) is 17.0 Å². The van der Waals surface area contributed by atoms with Crippen LogP contribution in [0.4, 0.5) is 5.69 Å². The van der Waals surface area contributed by atoms with Crippen molar-refractivity contribution in [3.05, 3.63) is 115 Å². The highest BCUT2D eigenvalue weighted by molar-refractivity contribution is 7.07. The number of thiazole rings is 1. The number of aryl methyl sites for hydroxylation is 1. The number of aromatic nitrogens is 2. The lowest BCUT2D eigenvalue weighted by Gasteiger charge is -2.26. The summed E-state index contributed by atoms with van der Waals surface area (Å²) in [4.78, 5) is 33.4. The van der Waals surface area contributed by atoms with Crippen molar-refractivity contribution in [3.63, 3.8) is 0 Å². The van der Waals surface area contributed by atoms with Crippen LogP contribution in [0.1, 0.15) is 24.1 Å². The summed E-state index contributed by atoms with van der Waals surface area (Å²) in [5.74, 6) is 0.863. The Morgan fingerprint density at radius 2 is 1.65 bits per heavy atom. The highest BCUT2D eigenvalue weighted by Gasteiger charge is 2.34. The van der Waals surface area contributed by atoms with E-state index in [2.05, 4.69) is 5.32 Å². The second-order valence-electron chi connectivity index (χ2n) is 10.1. The van der Waals surface area contributed by atoms with Gasteiger partial charge in [-0.1, -0.05) is 47.7 Å². The van der Waals surface area contributed by atoms with Crippen LogP contribution in [0, 0.1) is 0 Å². The van der Waals surface area contributed by atoms with Gasteiger partial charge >= 0.3 is 0 Å². The number of ether oxygens (including phenoxy) is 3. The highest BCUT2D eigenvalue weighted by atomic mass is 32.1. The molecule has 0 radical (unpaired) electrons. The van der Waals surface area contributed by atoms with Gasteiger partial charge in [0.25, 0.3) is 11.5 Å². The number of allylic oxidation sites excluding steroid dienone is 1. The number of amides is 1. The first-order valence-corrected chi connectivity index (χ1v) is 14.4. The van der Waals surface area contributed by atoms with E-state index in [0.29, 0.717) is 49.1 Å². The van der Waals surface area contributed by atoms with Crippen LogP contribution in [0.2, 0.25) is 0 Å². The van der Waals surface area contributed by atoms with E-state index in [-0.39, 0.29) is 11.5 Å². The summed E-state index contributed by atoms with van der Waals surface area (Å²) in [6, 6.07) is 19.9. The van der Waals surface area contributed by atoms with E-state index in [1.165, 1.54) is 32.7 Å². The molecule has 1 amide bonds. The molecule has 0 saturated carbocycles. The fourth-order valence-electron chi connectivity index (χ4n) is 5.54. The molecule has 0 saturated heterocycles. The molecule has 0 spiro atoms. The zero-order chi connectivity index (χ0) is 30.2. The predicted molar refractivity (Wildman–Crippen MR) is 168 cm³/mol. The molecule has 0 unspecified atom stereocenters. The lowest BCUT2D eigenvalue weighted by atomic mass is 9.94. The maximum Gasteiger partial charge on any atom is 0.271 e. The van der Waals surface area contributed by atoms with Gasteiger partial charge in [0, 0.05) is 35.4 Å². The van der Waals surface area contributed by atoms with Gasteiger partial charge in [0.05, 0.1) is 43.2 Å². The number of fused-ring (bicyclic) bond motifs is 2. The molecule has 1 atom stereocenters. The minimum absolute atomic E-state index is 0.257. The maximum atomic E-state index is 14.2. The monoisotopic (exact) mass is 594 g/mol. The number of hydrogen-bond acceptors (Lipinski definition) is 7. The molecule has 6 rings (SSSR count). The minimum atomic E-state index is -0.816. The van der Waals surface area contributed by atoms with Gasteiger partial charge in [-0.25, -0.2) is 4.99 Å². The predicted octanol–water partition coefficient (Wildman–Crippen LogP) is 4.39. The molecule has 1 aliphatic heterocycles. The molecule has 1 N–H and O–H groups in total. The summed E-state index contributed by atoms with van der Waals surface area (Å²) in [6.07, 6.45) is 3.89. The molecule has 3 aromatic carbocycles. The largest absolute Gasteiger partial charge is 0.493 e. The number of anilines is 1. The quantitative estimate of drug-likeness (QED) is 0.302. The molecule has 10 heteroatoms. The van der Waals surface area contributed by atoms with E-state index < -0.39 is 6.04 Å². The highest BCUT2D eigenvalue weighted by Crippen LogP contribution is 2.42. The Balaban J connectivity index is 1.58. The zero-order valence-corrected chi connectivity index (χ0v) is 25.2. The summed E-state index contributed by atoms with van der Waals surface area (Å²) < 4.78 is 20.9. The average molecular weight is 595 g/mol. The summed E-state index contributed by atoms with van der Waals surface area (Å²) >= 11 is 1.29. The Labute approximate surface area is 251 Å². The van der Waals surface area contributed by atoms with E-state index >= 15 is 0 Å². The van der Waals surface area contributed by atoms with E-state index in [4.69, 9.17) is 19.2 Å². The third-order valence-corrected chi connectivity index (χ3v) is 8.50. The van der Waals surface area contributed by atoms with Crippen molar-refractivity contribution < 1.29 is 19.0 Å². The van der Waals surface area contributed by atoms with Crippen molar-refractivity contribution in [3.8, 4) is 17.2 Å². The molecule has 0 bridgehead atoms. The molecule has 0 fully saturated rings. The van der Waals surface area contributed by atoms with Crippen molar-refractivity contribution in [2.75, 3.05) is 26.6 Å². The first kappa shape index (κ1) is 28.0. The average Bonchev–Trinajstić information content (AvgIpc) is 3.50. The Kier molecular flexibility index (Phi) is 7.37. The standard InChI is InChI=1S/C33H30N4O5S/c1-19-28(31(38)35-22-11-7-6-8-12-22)29(20-15-25(40-3)30(42-5)26(16-20)41-4)37-32(39)27(43-33(37)34-19)17-21-18-36(2)24-14-10-9-13-23(21)24/h6-18,29H,1-5H3,(H,35,38)/b27-17-/t29-/m1/s1. The third kappa shape index (κ3) is 4.89. The van der Waals surface area contributed by atoms with Crippen LogP contribution in [0.15, 0.2) is 94.0 Å². The second-order valence-corrected chi connectivity index (χ2v) is 11.1. The van der Waals surface area contributed by atoms with E-state index in [1.54, 1.807) is 23.6 Å². The first-order valence-electron chi connectivity index (χ1n) is 13.6. The normalized spacial score (nSPS) is 14.8. The smallest absolute Gasteiger partial charge is 0.271 e. The number of methoxy groups -OCH3 is 3. The number of nitrogens with one attached hydrogen (secondary N) is 1. The van der Waals surface area contributed by atoms with Crippen LogP contribution in [0.5, 0.6) is 17.2 Å². The Morgan fingerprint density at radius 3 is 2.33 bits per heavy atom. The third-order valence-electron chi connectivity index (χ3n) is 7.52. The molecule has 43 heavy (non-hydrogen) atoms. The molecule has 1 aliphatic rings. The number of carbonyl (C=O) groups excluding carboxylic acids is 1. The molecule has 2 aromatic heterocycles. The van der Waals surface area contributed by atoms with Crippen LogP contribution in [-0.4, -0.2) is 36.4 Å². The Morgan fingerprint density at radius 1 is 0.977 bits per heavy atom. The number of para-hydroxylation sites is 2. The maximum absolute atomic E-state index is 14.2. The van der Waals surface area contributed by atoms with Gasteiger partial charge in [0.15, 0.2) is 16.3 Å². The summed E-state index contributed by atoms with van der Waals surface area (Å²) in [6.45, 7) is 1.78. The van der Waals surface area contributed by atoms with Crippen molar-refractivity contribution in [2.24, 2.45) is 12.0 Å². The molecule has 5 aromatic rings. The number of hydrogen-bond donors (Lipinski definition) is 1. The van der Waals surface area contributed by atoms with Crippen LogP contribution >= 0.6 is 11.3 Å². The first-order chi connectivity index (χ1) is 20.8. The fraction of sp³-hybridized carbons (Fsp3) is 0.182. The van der Waals surface area contributed by atoms with E-state index in [1.807, 2.05) is 78.5 Å².